The maximum atomic E-state index is 12.2. The maximum absolute atomic E-state index is 12.2. The standard InChI is InChI=1S/C17H17N3O2S/c18-13-14-5-7-16(8-6-14)23(21,22)19-10-12-20-11-9-15-3-1-2-4-17(15)20/h1-8,19H,9-12H2. The first-order valence-corrected chi connectivity index (χ1v) is 8.91. The van der Waals surface area contributed by atoms with Crippen LogP contribution in [0.5, 0.6) is 0 Å². The number of hydrogen-bond donors (Lipinski definition) is 1. The Morgan fingerprint density at radius 2 is 1.87 bits per heavy atom. The molecular formula is C17H17N3O2S. The number of nitriles is 1. The van der Waals surface area contributed by atoms with Gasteiger partial charge in [-0.1, -0.05) is 18.2 Å². The minimum Gasteiger partial charge on any atom is -0.370 e. The third-order valence-corrected chi connectivity index (χ3v) is 5.43. The zero-order valence-electron chi connectivity index (χ0n) is 12.6. The fourth-order valence-electron chi connectivity index (χ4n) is 2.75. The average molecular weight is 327 g/mol. The largest absolute Gasteiger partial charge is 0.370 e. The van der Waals surface area contributed by atoms with E-state index in [0.717, 1.165) is 13.0 Å². The van der Waals surface area contributed by atoms with Gasteiger partial charge in [-0.3, -0.25) is 0 Å². The van der Waals surface area contributed by atoms with Gasteiger partial charge in [0.15, 0.2) is 0 Å². The molecule has 0 spiro atoms. The van der Waals surface area contributed by atoms with E-state index in [1.807, 2.05) is 18.2 Å². The molecule has 0 fully saturated rings. The van der Waals surface area contributed by atoms with Crippen molar-refractivity contribution in [2.24, 2.45) is 0 Å². The Morgan fingerprint density at radius 3 is 2.61 bits per heavy atom. The minimum absolute atomic E-state index is 0.179. The van der Waals surface area contributed by atoms with E-state index in [1.54, 1.807) is 0 Å². The molecule has 0 aromatic heterocycles. The van der Waals surface area contributed by atoms with Crippen LogP contribution in [0, 0.1) is 11.3 Å². The number of fused-ring (bicyclic) bond motifs is 1. The SMILES string of the molecule is N#Cc1ccc(S(=O)(=O)NCCN2CCc3ccccc32)cc1. The molecule has 5 nitrogen and oxygen atoms in total. The second-order valence-electron chi connectivity index (χ2n) is 5.40. The van der Waals surface area contributed by atoms with Crippen LogP contribution in [0.15, 0.2) is 53.4 Å². The Hall–Kier alpha value is -2.36. The second kappa shape index (κ2) is 6.41. The van der Waals surface area contributed by atoms with Crippen molar-refractivity contribution >= 4 is 15.7 Å². The van der Waals surface area contributed by atoms with Crippen molar-refractivity contribution in [1.82, 2.24) is 4.72 Å². The number of sulfonamides is 1. The molecule has 0 saturated carbocycles. The van der Waals surface area contributed by atoms with Gasteiger partial charge in [0.1, 0.15) is 0 Å². The van der Waals surface area contributed by atoms with Crippen molar-refractivity contribution in [2.75, 3.05) is 24.5 Å². The average Bonchev–Trinajstić information content (AvgIpc) is 2.98. The van der Waals surface area contributed by atoms with Gasteiger partial charge >= 0.3 is 0 Å². The Morgan fingerprint density at radius 1 is 1.13 bits per heavy atom. The van der Waals surface area contributed by atoms with Gasteiger partial charge in [0.2, 0.25) is 10.0 Å². The van der Waals surface area contributed by atoms with E-state index in [4.69, 9.17) is 5.26 Å². The van der Waals surface area contributed by atoms with Crippen molar-refractivity contribution < 1.29 is 8.42 Å². The third kappa shape index (κ3) is 3.36. The van der Waals surface area contributed by atoms with Crippen molar-refractivity contribution in [3.05, 3.63) is 59.7 Å². The van der Waals surface area contributed by atoms with Crippen LogP contribution in [0.4, 0.5) is 5.69 Å². The van der Waals surface area contributed by atoms with Gasteiger partial charge in [-0.25, -0.2) is 13.1 Å². The lowest BCUT2D eigenvalue weighted by atomic mass is 10.2. The van der Waals surface area contributed by atoms with Crippen LogP contribution in [-0.4, -0.2) is 28.1 Å². The number of nitrogens with one attached hydrogen (secondary N) is 1. The van der Waals surface area contributed by atoms with E-state index in [2.05, 4.69) is 21.8 Å². The molecule has 1 N–H and O–H groups in total. The molecule has 23 heavy (non-hydrogen) atoms. The summed E-state index contributed by atoms with van der Waals surface area (Å²) in [5, 5.41) is 8.75. The molecule has 2 aromatic carbocycles. The summed E-state index contributed by atoms with van der Waals surface area (Å²) < 4.78 is 27.1. The molecule has 1 heterocycles. The first-order chi connectivity index (χ1) is 11.1. The summed E-state index contributed by atoms with van der Waals surface area (Å²) in [6.07, 6.45) is 0.999. The van der Waals surface area contributed by atoms with Crippen molar-refractivity contribution in [2.45, 2.75) is 11.3 Å². The Balaban J connectivity index is 1.61. The van der Waals surface area contributed by atoms with Crippen LogP contribution in [0.1, 0.15) is 11.1 Å². The highest BCUT2D eigenvalue weighted by atomic mass is 32.2. The van der Waals surface area contributed by atoms with E-state index in [-0.39, 0.29) is 4.90 Å². The van der Waals surface area contributed by atoms with Crippen molar-refractivity contribution in [3.63, 3.8) is 0 Å². The number of benzene rings is 2. The fraction of sp³-hybridized carbons (Fsp3) is 0.235. The van der Waals surface area contributed by atoms with Gasteiger partial charge in [-0.2, -0.15) is 5.26 Å². The summed E-state index contributed by atoms with van der Waals surface area (Å²) in [5.41, 5.74) is 2.94. The van der Waals surface area contributed by atoms with Crippen LogP contribution < -0.4 is 9.62 Å². The zero-order valence-corrected chi connectivity index (χ0v) is 13.4. The molecule has 0 saturated heterocycles. The minimum atomic E-state index is -3.54. The van der Waals surface area contributed by atoms with Crippen LogP contribution in [-0.2, 0) is 16.4 Å². The molecule has 0 amide bonds. The predicted molar refractivity (Wildman–Crippen MR) is 88.7 cm³/mol. The quantitative estimate of drug-likeness (QED) is 0.910. The highest BCUT2D eigenvalue weighted by Crippen LogP contribution is 2.26. The van der Waals surface area contributed by atoms with Gasteiger partial charge in [0, 0.05) is 25.3 Å². The van der Waals surface area contributed by atoms with Crippen molar-refractivity contribution in [1.29, 1.82) is 5.26 Å². The fourth-order valence-corrected chi connectivity index (χ4v) is 3.77. The molecule has 1 aliphatic heterocycles. The van der Waals surface area contributed by atoms with Crippen molar-refractivity contribution in [3.8, 4) is 6.07 Å². The molecule has 0 unspecified atom stereocenters. The maximum Gasteiger partial charge on any atom is 0.240 e. The normalized spacial score (nSPS) is 13.6. The molecule has 0 bridgehead atoms. The number of hydrogen-bond acceptors (Lipinski definition) is 4. The first-order valence-electron chi connectivity index (χ1n) is 7.43. The number of para-hydroxylation sites is 1. The molecule has 1 aliphatic rings. The molecule has 0 radical (unpaired) electrons. The number of rotatable bonds is 5. The predicted octanol–water partition coefficient (Wildman–Crippen LogP) is 1.90. The Labute approximate surface area is 136 Å². The molecule has 0 aliphatic carbocycles. The van der Waals surface area contributed by atoms with Crippen LogP contribution in [0.2, 0.25) is 0 Å². The topological polar surface area (TPSA) is 73.2 Å². The van der Waals surface area contributed by atoms with Crippen LogP contribution in [0.25, 0.3) is 0 Å². The Bertz CT molecular complexity index is 839. The van der Waals surface area contributed by atoms with Gasteiger partial charge in [-0.15, -0.1) is 0 Å². The van der Waals surface area contributed by atoms with E-state index < -0.39 is 10.0 Å². The highest BCUT2D eigenvalue weighted by molar-refractivity contribution is 7.89. The molecule has 6 heteroatoms. The lowest BCUT2D eigenvalue weighted by Gasteiger charge is -2.19. The summed E-state index contributed by atoms with van der Waals surface area (Å²) in [6.45, 7) is 1.89. The van der Waals surface area contributed by atoms with Gasteiger partial charge in [0.05, 0.1) is 16.5 Å². The van der Waals surface area contributed by atoms with E-state index in [0.29, 0.717) is 18.7 Å². The van der Waals surface area contributed by atoms with Gasteiger partial charge in [-0.05, 0) is 42.3 Å². The van der Waals surface area contributed by atoms with Crippen LogP contribution in [0.3, 0.4) is 0 Å². The van der Waals surface area contributed by atoms with E-state index in [9.17, 15) is 8.42 Å². The molecule has 0 atom stereocenters. The third-order valence-electron chi connectivity index (χ3n) is 3.95. The summed E-state index contributed by atoms with van der Waals surface area (Å²) in [6, 6.07) is 16.1. The lowest BCUT2D eigenvalue weighted by molar-refractivity contribution is 0.581. The highest BCUT2D eigenvalue weighted by Gasteiger charge is 2.19. The molecule has 118 valence electrons. The summed E-state index contributed by atoms with van der Waals surface area (Å²) in [4.78, 5) is 2.37. The van der Waals surface area contributed by atoms with E-state index >= 15 is 0 Å². The van der Waals surface area contributed by atoms with Gasteiger partial charge < -0.3 is 4.90 Å². The molecular weight excluding hydrogens is 310 g/mol. The first kappa shape index (κ1) is 15.5. The van der Waals surface area contributed by atoms with E-state index in [1.165, 1.54) is 35.5 Å². The number of nitrogens with zero attached hydrogens (tertiary/aromatic N) is 2. The molecule has 3 rings (SSSR count). The lowest BCUT2D eigenvalue weighted by Crippen LogP contribution is -2.34. The number of anilines is 1. The zero-order chi connectivity index (χ0) is 16.3. The Kier molecular flexibility index (Phi) is 4.33. The molecule has 2 aromatic rings. The second-order valence-corrected chi connectivity index (χ2v) is 7.17. The summed E-state index contributed by atoms with van der Waals surface area (Å²) >= 11 is 0. The monoisotopic (exact) mass is 327 g/mol. The smallest absolute Gasteiger partial charge is 0.240 e. The van der Waals surface area contributed by atoms with Gasteiger partial charge in [0.25, 0.3) is 0 Å². The van der Waals surface area contributed by atoms with Crippen LogP contribution >= 0.6 is 0 Å². The summed E-state index contributed by atoms with van der Waals surface area (Å²) in [7, 11) is -3.54. The summed E-state index contributed by atoms with van der Waals surface area (Å²) in [5.74, 6) is 0.